The Kier molecular flexibility index (Phi) is 4.49. The summed E-state index contributed by atoms with van der Waals surface area (Å²) >= 11 is 0. The molecule has 0 saturated carbocycles. The number of aliphatic hydroxyl groups excluding tert-OH is 1. The standard InChI is InChI=1S/C9H16N2O2/c1-8-6-9(13-11-8)7-10-4-2-3-5-12/h6,10,12H,2-5,7H2,1H3. The van der Waals surface area contributed by atoms with Gasteiger partial charge in [0.05, 0.1) is 12.2 Å². The topological polar surface area (TPSA) is 58.3 Å². The van der Waals surface area contributed by atoms with Gasteiger partial charge in [0.25, 0.3) is 0 Å². The lowest BCUT2D eigenvalue weighted by Crippen LogP contribution is -2.14. The average molecular weight is 184 g/mol. The Labute approximate surface area is 77.9 Å². The summed E-state index contributed by atoms with van der Waals surface area (Å²) in [6.45, 7) is 3.79. The lowest BCUT2D eigenvalue weighted by atomic mass is 10.3. The summed E-state index contributed by atoms with van der Waals surface area (Å²) in [7, 11) is 0. The van der Waals surface area contributed by atoms with Crippen LogP contribution in [-0.4, -0.2) is 23.4 Å². The maximum absolute atomic E-state index is 8.53. The predicted molar refractivity (Wildman–Crippen MR) is 49.3 cm³/mol. The number of nitrogens with zero attached hydrogens (tertiary/aromatic N) is 1. The van der Waals surface area contributed by atoms with Crippen molar-refractivity contribution in [2.75, 3.05) is 13.2 Å². The minimum atomic E-state index is 0.267. The Morgan fingerprint density at radius 2 is 2.38 bits per heavy atom. The van der Waals surface area contributed by atoms with Crippen molar-refractivity contribution >= 4 is 0 Å². The van der Waals surface area contributed by atoms with E-state index >= 15 is 0 Å². The maximum atomic E-state index is 8.53. The number of aliphatic hydroxyl groups is 1. The van der Waals surface area contributed by atoms with Gasteiger partial charge in [-0.2, -0.15) is 0 Å². The molecule has 0 unspecified atom stereocenters. The minimum Gasteiger partial charge on any atom is -0.396 e. The molecule has 74 valence electrons. The van der Waals surface area contributed by atoms with Crippen LogP contribution < -0.4 is 5.32 Å². The Balaban J connectivity index is 2.06. The van der Waals surface area contributed by atoms with Gasteiger partial charge in [0.15, 0.2) is 5.76 Å². The molecular weight excluding hydrogens is 168 g/mol. The minimum absolute atomic E-state index is 0.267. The lowest BCUT2D eigenvalue weighted by molar-refractivity contribution is 0.283. The van der Waals surface area contributed by atoms with Gasteiger partial charge in [-0.3, -0.25) is 0 Å². The van der Waals surface area contributed by atoms with E-state index in [1.807, 2.05) is 13.0 Å². The molecule has 2 N–H and O–H groups in total. The molecule has 4 nitrogen and oxygen atoms in total. The fourth-order valence-electron chi connectivity index (χ4n) is 1.07. The van der Waals surface area contributed by atoms with E-state index in [2.05, 4.69) is 10.5 Å². The zero-order chi connectivity index (χ0) is 9.52. The Morgan fingerprint density at radius 3 is 3.00 bits per heavy atom. The van der Waals surface area contributed by atoms with Crippen LogP contribution in [0.15, 0.2) is 10.6 Å². The molecule has 0 bridgehead atoms. The van der Waals surface area contributed by atoms with E-state index < -0.39 is 0 Å². The summed E-state index contributed by atoms with van der Waals surface area (Å²) in [6, 6.07) is 1.92. The molecule has 4 heteroatoms. The van der Waals surface area contributed by atoms with E-state index in [0.29, 0.717) is 6.54 Å². The number of aryl methyl sites for hydroxylation is 1. The Hall–Kier alpha value is -0.870. The van der Waals surface area contributed by atoms with Gasteiger partial charge >= 0.3 is 0 Å². The summed E-state index contributed by atoms with van der Waals surface area (Å²) in [6.07, 6.45) is 1.84. The van der Waals surface area contributed by atoms with Crippen molar-refractivity contribution < 1.29 is 9.63 Å². The molecule has 1 heterocycles. The van der Waals surface area contributed by atoms with Gasteiger partial charge in [-0.05, 0) is 26.3 Å². The van der Waals surface area contributed by atoms with E-state index in [4.69, 9.17) is 9.63 Å². The molecule has 0 aliphatic carbocycles. The summed E-state index contributed by atoms with van der Waals surface area (Å²) in [5, 5.41) is 15.5. The fraction of sp³-hybridized carbons (Fsp3) is 0.667. The maximum Gasteiger partial charge on any atom is 0.150 e. The van der Waals surface area contributed by atoms with Crippen molar-refractivity contribution in [3.8, 4) is 0 Å². The van der Waals surface area contributed by atoms with Crippen LogP contribution in [0.3, 0.4) is 0 Å². The smallest absolute Gasteiger partial charge is 0.150 e. The third kappa shape index (κ3) is 4.05. The second kappa shape index (κ2) is 5.72. The summed E-state index contributed by atoms with van der Waals surface area (Å²) in [5.41, 5.74) is 0.909. The third-order valence-electron chi connectivity index (χ3n) is 1.74. The van der Waals surface area contributed by atoms with Gasteiger partial charge in [-0.25, -0.2) is 0 Å². The molecule has 0 saturated heterocycles. The van der Waals surface area contributed by atoms with E-state index in [-0.39, 0.29) is 6.61 Å². The van der Waals surface area contributed by atoms with Gasteiger partial charge in [-0.15, -0.1) is 0 Å². The molecule has 0 amide bonds. The van der Waals surface area contributed by atoms with Crippen LogP contribution in [0.2, 0.25) is 0 Å². The van der Waals surface area contributed by atoms with Crippen LogP contribution in [0.1, 0.15) is 24.3 Å². The van der Waals surface area contributed by atoms with Crippen LogP contribution in [0.5, 0.6) is 0 Å². The quantitative estimate of drug-likeness (QED) is 0.643. The van der Waals surface area contributed by atoms with Gasteiger partial charge in [-0.1, -0.05) is 5.16 Å². The third-order valence-corrected chi connectivity index (χ3v) is 1.74. The molecule has 0 aliphatic heterocycles. The van der Waals surface area contributed by atoms with Crippen molar-refractivity contribution in [3.63, 3.8) is 0 Å². The van der Waals surface area contributed by atoms with Crippen molar-refractivity contribution in [1.82, 2.24) is 10.5 Å². The van der Waals surface area contributed by atoms with Gasteiger partial charge < -0.3 is 14.9 Å². The first-order chi connectivity index (χ1) is 6.33. The van der Waals surface area contributed by atoms with Crippen molar-refractivity contribution in [2.45, 2.75) is 26.3 Å². The van der Waals surface area contributed by atoms with Crippen LogP contribution in [0, 0.1) is 6.92 Å². The monoisotopic (exact) mass is 184 g/mol. The first-order valence-corrected chi connectivity index (χ1v) is 4.56. The summed E-state index contributed by atoms with van der Waals surface area (Å²) in [5.74, 6) is 0.862. The van der Waals surface area contributed by atoms with Crippen LogP contribution in [0.25, 0.3) is 0 Å². The highest BCUT2D eigenvalue weighted by Crippen LogP contribution is 2.00. The van der Waals surface area contributed by atoms with Crippen molar-refractivity contribution in [3.05, 3.63) is 17.5 Å². The molecular formula is C9H16N2O2. The molecule has 13 heavy (non-hydrogen) atoms. The molecule has 1 rings (SSSR count). The first-order valence-electron chi connectivity index (χ1n) is 4.56. The number of hydrogen-bond acceptors (Lipinski definition) is 4. The van der Waals surface area contributed by atoms with Gasteiger partial charge in [0.1, 0.15) is 0 Å². The van der Waals surface area contributed by atoms with Gasteiger partial charge in [0, 0.05) is 12.7 Å². The molecule has 0 fully saturated rings. The molecule has 0 aromatic carbocycles. The molecule has 0 radical (unpaired) electrons. The van der Waals surface area contributed by atoms with Crippen molar-refractivity contribution in [2.24, 2.45) is 0 Å². The molecule has 0 spiro atoms. The normalized spacial score (nSPS) is 10.6. The zero-order valence-corrected chi connectivity index (χ0v) is 7.92. The van der Waals surface area contributed by atoms with Crippen molar-refractivity contribution in [1.29, 1.82) is 0 Å². The lowest BCUT2D eigenvalue weighted by Gasteiger charge is -1.99. The largest absolute Gasteiger partial charge is 0.396 e. The Morgan fingerprint density at radius 1 is 1.54 bits per heavy atom. The van der Waals surface area contributed by atoms with Gasteiger partial charge in [0.2, 0.25) is 0 Å². The highest BCUT2D eigenvalue weighted by molar-refractivity contribution is 5.02. The first kappa shape index (κ1) is 10.2. The number of aromatic nitrogens is 1. The van der Waals surface area contributed by atoms with E-state index in [1.165, 1.54) is 0 Å². The molecule has 1 aromatic heterocycles. The molecule has 0 aliphatic rings. The molecule has 0 atom stereocenters. The second-order valence-corrected chi connectivity index (χ2v) is 3.04. The number of hydrogen-bond donors (Lipinski definition) is 2. The number of unbranched alkanes of at least 4 members (excludes halogenated alkanes) is 1. The average Bonchev–Trinajstić information content (AvgIpc) is 2.51. The second-order valence-electron chi connectivity index (χ2n) is 3.04. The fourth-order valence-corrected chi connectivity index (χ4v) is 1.07. The van der Waals surface area contributed by atoms with E-state index in [9.17, 15) is 0 Å². The van der Waals surface area contributed by atoms with Crippen LogP contribution in [0.4, 0.5) is 0 Å². The van der Waals surface area contributed by atoms with Crippen LogP contribution >= 0.6 is 0 Å². The van der Waals surface area contributed by atoms with E-state index in [0.717, 1.165) is 30.8 Å². The SMILES string of the molecule is Cc1cc(CNCCCCO)on1. The van der Waals surface area contributed by atoms with Crippen LogP contribution in [-0.2, 0) is 6.54 Å². The zero-order valence-electron chi connectivity index (χ0n) is 7.92. The number of nitrogens with one attached hydrogen (secondary N) is 1. The number of rotatable bonds is 6. The molecule has 1 aromatic rings. The highest BCUT2D eigenvalue weighted by atomic mass is 16.5. The summed E-state index contributed by atoms with van der Waals surface area (Å²) < 4.78 is 5.01. The highest BCUT2D eigenvalue weighted by Gasteiger charge is 1.98. The van der Waals surface area contributed by atoms with E-state index in [1.54, 1.807) is 0 Å². The Bertz CT molecular complexity index is 235. The predicted octanol–water partition coefficient (Wildman–Crippen LogP) is 0.845. The summed E-state index contributed by atoms with van der Waals surface area (Å²) in [4.78, 5) is 0.